The highest BCUT2D eigenvalue weighted by molar-refractivity contribution is 7.93. The largest absolute Gasteiger partial charge is 0.492 e. The van der Waals surface area contributed by atoms with Gasteiger partial charge in [0.05, 0.1) is 17.1 Å². The average Bonchev–Trinajstić information content (AvgIpc) is 2.95. The highest BCUT2D eigenvalue weighted by atomic mass is 32.2. The molecule has 0 atom stereocenters. The molecular formula is C23H24N2O4S. The number of nitrogens with one attached hydrogen (secondary N) is 1. The van der Waals surface area contributed by atoms with Crippen LogP contribution in [0.25, 0.3) is 10.8 Å². The van der Waals surface area contributed by atoms with Crippen molar-refractivity contribution < 1.29 is 17.9 Å². The third-order valence-electron chi connectivity index (χ3n) is 5.13. The Hall–Kier alpha value is -3.06. The second-order valence-corrected chi connectivity index (χ2v) is 9.16. The Kier molecular flexibility index (Phi) is 5.63. The van der Waals surface area contributed by atoms with Crippen LogP contribution in [0.4, 0.5) is 5.69 Å². The van der Waals surface area contributed by atoms with Gasteiger partial charge in [0.2, 0.25) is 5.91 Å². The molecule has 0 aromatic heterocycles. The number of hydrogen-bond donors (Lipinski definition) is 1. The van der Waals surface area contributed by atoms with Crippen LogP contribution in [0.1, 0.15) is 18.4 Å². The molecular weight excluding hydrogens is 400 g/mol. The van der Waals surface area contributed by atoms with E-state index < -0.39 is 10.0 Å². The van der Waals surface area contributed by atoms with E-state index in [0.29, 0.717) is 30.2 Å². The molecule has 1 aliphatic heterocycles. The number of amides is 1. The van der Waals surface area contributed by atoms with Gasteiger partial charge in [-0.25, -0.2) is 8.42 Å². The average molecular weight is 425 g/mol. The summed E-state index contributed by atoms with van der Waals surface area (Å²) in [6.45, 7) is 3.05. The van der Waals surface area contributed by atoms with E-state index in [2.05, 4.69) is 5.32 Å². The van der Waals surface area contributed by atoms with Gasteiger partial charge < -0.3 is 10.1 Å². The van der Waals surface area contributed by atoms with Crippen LogP contribution in [0.15, 0.2) is 65.6 Å². The number of hydrogen-bond acceptors (Lipinski definition) is 4. The maximum atomic E-state index is 12.9. The summed E-state index contributed by atoms with van der Waals surface area (Å²) in [7, 11) is -3.57. The first-order chi connectivity index (χ1) is 14.5. The number of carbonyl (C=O) groups excluding carboxylic acids is 1. The molecule has 3 aromatic rings. The highest BCUT2D eigenvalue weighted by Gasteiger charge is 2.34. The maximum absolute atomic E-state index is 12.9. The predicted octanol–water partition coefficient (Wildman–Crippen LogP) is 3.63. The third-order valence-corrected chi connectivity index (χ3v) is 6.98. The molecule has 3 aromatic carbocycles. The fourth-order valence-electron chi connectivity index (χ4n) is 3.74. The van der Waals surface area contributed by atoms with Gasteiger partial charge in [-0.15, -0.1) is 0 Å². The van der Waals surface area contributed by atoms with Crippen molar-refractivity contribution in [2.45, 2.75) is 24.7 Å². The summed E-state index contributed by atoms with van der Waals surface area (Å²) in [4.78, 5) is 12.5. The van der Waals surface area contributed by atoms with Gasteiger partial charge in [0.25, 0.3) is 10.0 Å². The van der Waals surface area contributed by atoms with E-state index in [4.69, 9.17) is 4.74 Å². The molecule has 30 heavy (non-hydrogen) atoms. The second kappa shape index (κ2) is 8.36. The Morgan fingerprint density at radius 1 is 1.07 bits per heavy atom. The number of sulfonamides is 1. The van der Waals surface area contributed by atoms with E-state index in [1.54, 1.807) is 12.1 Å². The van der Waals surface area contributed by atoms with Crippen LogP contribution in [-0.2, 0) is 14.8 Å². The van der Waals surface area contributed by atoms with E-state index in [9.17, 15) is 13.2 Å². The molecule has 6 nitrogen and oxygen atoms in total. The quantitative estimate of drug-likeness (QED) is 0.560. The van der Waals surface area contributed by atoms with Crippen molar-refractivity contribution >= 4 is 32.4 Å². The minimum absolute atomic E-state index is 0.116. The van der Waals surface area contributed by atoms with Gasteiger partial charge in [0.1, 0.15) is 12.4 Å². The summed E-state index contributed by atoms with van der Waals surface area (Å²) >= 11 is 0. The lowest BCUT2D eigenvalue weighted by molar-refractivity contribution is -0.121. The van der Waals surface area contributed by atoms with Crippen molar-refractivity contribution in [1.29, 1.82) is 0 Å². The number of aryl methyl sites for hydroxylation is 1. The first-order valence-electron chi connectivity index (χ1n) is 9.97. The number of benzene rings is 3. The van der Waals surface area contributed by atoms with E-state index >= 15 is 0 Å². The standard InChI is InChI=1S/C23H24N2O4S/c1-17-6-2-9-19(16-17)29-15-13-24-22(26)12-5-14-25-20-10-3-7-18-8-4-11-21(23(18)20)30(25,27)28/h2-4,6-11,16H,5,12-15H2,1H3,(H,24,26). The fourth-order valence-corrected chi connectivity index (χ4v) is 5.48. The van der Waals surface area contributed by atoms with Gasteiger partial charge in [-0.1, -0.05) is 36.4 Å². The van der Waals surface area contributed by atoms with Crippen molar-refractivity contribution in [3.63, 3.8) is 0 Å². The minimum Gasteiger partial charge on any atom is -0.492 e. The van der Waals surface area contributed by atoms with Crippen molar-refractivity contribution in [2.75, 3.05) is 24.0 Å². The SMILES string of the molecule is Cc1cccc(OCCNC(=O)CCCN2c3cccc4cccc(c34)S2(=O)=O)c1. The molecule has 0 unspecified atom stereocenters. The molecule has 7 heteroatoms. The molecule has 0 radical (unpaired) electrons. The number of carbonyl (C=O) groups is 1. The topological polar surface area (TPSA) is 75.7 Å². The monoisotopic (exact) mass is 424 g/mol. The number of anilines is 1. The zero-order valence-electron chi connectivity index (χ0n) is 16.8. The van der Waals surface area contributed by atoms with Crippen molar-refractivity contribution in [2.24, 2.45) is 0 Å². The Balaban J connectivity index is 1.27. The summed E-state index contributed by atoms with van der Waals surface area (Å²) in [5.41, 5.74) is 1.81. The van der Waals surface area contributed by atoms with E-state index in [-0.39, 0.29) is 18.9 Å². The van der Waals surface area contributed by atoms with Gasteiger partial charge in [0.15, 0.2) is 0 Å². The number of ether oxygens (including phenoxy) is 1. The Morgan fingerprint density at radius 3 is 2.63 bits per heavy atom. The first kappa shape index (κ1) is 20.2. The minimum atomic E-state index is -3.57. The van der Waals surface area contributed by atoms with Gasteiger partial charge in [0, 0.05) is 18.4 Å². The van der Waals surface area contributed by atoms with Crippen molar-refractivity contribution in [3.8, 4) is 5.75 Å². The maximum Gasteiger partial charge on any atom is 0.265 e. The Morgan fingerprint density at radius 2 is 1.83 bits per heavy atom. The van der Waals surface area contributed by atoms with Gasteiger partial charge >= 0.3 is 0 Å². The van der Waals surface area contributed by atoms with Gasteiger partial charge in [-0.2, -0.15) is 0 Å². The summed E-state index contributed by atoms with van der Waals surface area (Å²) in [5.74, 6) is 0.660. The fraction of sp³-hybridized carbons (Fsp3) is 0.261. The molecule has 4 rings (SSSR count). The second-order valence-electron chi connectivity index (χ2n) is 7.33. The molecule has 0 spiro atoms. The summed E-state index contributed by atoms with van der Waals surface area (Å²) in [5, 5.41) is 4.49. The zero-order chi connectivity index (χ0) is 21.1. The molecule has 1 amide bonds. The summed E-state index contributed by atoms with van der Waals surface area (Å²) in [6, 6.07) is 18.6. The van der Waals surface area contributed by atoms with Gasteiger partial charge in [-0.05, 0) is 48.6 Å². The van der Waals surface area contributed by atoms with Crippen LogP contribution in [0, 0.1) is 6.92 Å². The normalized spacial score (nSPS) is 14.1. The molecule has 156 valence electrons. The molecule has 0 fully saturated rings. The number of rotatable bonds is 8. The van der Waals surface area contributed by atoms with Crippen LogP contribution < -0.4 is 14.4 Å². The number of nitrogens with zero attached hydrogens (tertiary/aromatic N) is 1. The lowest BCUT2D eigenvalue weighted by atomic mass is 10.1. The molecule has 0 saturated carbocycles. The van der Waals surface area contributed by atoms with Crippen molar-refractivity contribution in [1.82, 2.24) is 5.32 Å². The predicted molar refractivity (Wildman–Crippen MR) is 117 cm³/mol. The van der Waals surface area contributed by atoms with Crippen LogP contribution in [-0.4, -0.2) is 34.0 Å². The van der Waals surface area contributed by atoms with Crippen LogP contribution in [0.5, 0.6) is 5.75 Å². The Bertz CT molecular complexity index is 1190. The highest BCUT2D eigenvalue weighted by Crippen LogP contribution is 2.41. The van der Waals surface area contributed by atoms with Crippen molar-refractivity contribution in [3.05, 3.63) is 66.2 Å². The lowest BCUT2D eigenvalue weighted by Crippen LogP contribution is -2.31. The van der Waals surface area contributed by atoms with E-state index in [0.717, 1.165) is 22.1 Å². The zero-order valence-corrected chi connectivity index (χ0v) is 17.6. The Labute approximate surface area is 176 Å². The lowest BCUT2D eigenvalue weighted by Gasteiger charge is -2.18. The molecule has 0 bridgehead atoms. The molecule has 1 heterocycles. The molecule has 1 N–H and O–H groups in total. The smallest absolute Gasteiger partial charge is 0.265 e. The van der Waals surface area contributed by atoms with E-state index in [1.165, 1.54) is 4.31 Å². The summed E-state index contributed by atoms with van der Waals surface area (Å²) in [6.07, 6.45) is 0.691. The molecule has 0 saturated heterocycles. The molecule has 1 aliphatic rings. The third kappa shape index (κ3) is 3.98. The summed E-state index contributed by atoms with van der Waals surface area (Å²) < 4.78 is 32.9. The first-order valence-corrected chi connectivity index (χ1v) is 11.4. The van der Waals surface area contributed by atoms with Gasteiger partial charge in [-0.3, -0.25) is 9.10 Å². The van der Waals surface area contributed by atoms with Crippen LogP contribution in [0.3, 0.4) is 0 Å². The van der Waals surface area contributed by atoms with E-state index in [1.807, 2.05) is 55.5 Å². The van der Waals surface area contributed by atoms with Crippen LogP contribution in [0.2, 0.25) is 0 Å². The van der Waals surface area contributed by atoms with Crippen LogP contribution >= 0.6 is 0 Å². The molecule has 0 aliphatic carbocycles.